The van der Waals surface area contributed by atoms with E-state index in [0.29, 0.717) is 17.4 Å². The molecule has 16 heteroatoms. The number of anilines is 2. The summed E-state index contributed by atoms with van der Waals surface area (Å²) in [6.45, 7) is 2.37. The first-order valence-electron chi connectivity index (χ1n) is 7.84. The van der Waals surface area contributed by atoms with Gasteiger partial charge in [-0.1, -0.05) is 17.4 Å². The molecule has 0 aliphatic carbocycles. The molecule has 7 nitrogen and oxygen atoms in total. The Morgan fingerprint density at radius 3 is 2.13 bits per heavy atom. The normalized spacial score (nSPS) is 13.2. The summed E-state index contributed by atoms with van der Waals surface area (Å²) in [5.41, 5.74) is -8.36. The fourth-order valence-electron chi connectivity index (χ4n) is 2.34. The number of sulfonamides is 1. The molecule has 0 aliphatic rings. The number of benzene rings is 1. The molecule has 0 saturated carbocycles. The highest BCUT2D eigenvalue weighted by Crippen LogP contribution is 2.50. The predicted octanol–water partition coefficient (Wildman–Crippen LogP) is 3.66. The Kier molecular flexibility index (Phi) is 6.32. The number of aliphatic hydroxyl groups is 1. The number of amides is 1. The van der Waals surface area contributed by atoms with Gasteiger partial charge in [0, 0.05) is 12.5 Å². The van der Waals surface area contributed by atoms with E-state index in [1.807, 2.05) is 0 Å². The molecule has 1 heterocycles. The molecule has 1 aromatic heterocycles. The minimum absolute atomic E-state index is 0.0875. The SMILES string of the molecule is CC(=O)Nc1nc(C)c(S(=O)(=O)Nc2ccc(C(O)(C(F)(F)F)C(F)(F)F)cc2F)s1. The summed E-state index contributed by atoms with van der Waals surface area (Å²) in [6, 6.07) is 0.112. The van der Waals surface area contributed by atoms with Gasteiger partial charge >= 0.3 is 12.4 Å². The predicted molar refractivity (Wildman–Crippen MR) is 94.4 cm³/mol. The maximum atomic E-state index is 14.2. The summed E-state index contributed by atoms with van der Waals surface area (Å²) in [5, 5.41) is 11.4. The van der Waals surface area contributed by atoms with Crippen LogP contribution in [0.5, 0.6) is 0 Å². The third kappa shape index (κ3) is 4.74. The Morgan fingerprint density at radius 1 is 1.13 bits per heavy atom. The number of carbonyl (C=O) groups is 1. The van der Waals surface area contributed by atoms with Crippen LogP contribution in [0.2, 0.25) is 0 Å². The molecule has 0 saturated heterocycles. The third-order valence-corrected chi connectivity index (χ3v) is 6.78. The van der Waals surface area contributed by atoms with Crippen LogP contribution in [0.25, 0.3) is 0 Å². The summed E-state index contributed by atoms with van der Waals surface area (Å²) in [7, 11) is -4.58. The quantitative estimate of drug-likeness (QED) is 0.549. The topological polar surface area (TPSA) is 108 Å². The van der Waals surface area contributed by atoms with E-state index in [4.69, 9.17) is 0 Å². The lowest BCUT2D eigenvalue weighted by Crippen LogP contribution is -2.54. The van der Waals surface area contributed by atoms with Crippen molar-refractivity contribution in [2.75, 3.05) is 10.0 Å². The largest absolute Gasteiger partial charge is 0.430 e. The number of hydrogen-bond donors (Lipinski definition) is 3. The van der Waals surface area contributed by atoms with Gasteiger partial charge in [0.1, 0.15) is 5.82 Å². The van der Waals surface area contributed by atoms with Crippen LogP contribution in [0.3, 0.4) is 0 Å². The van der Waals surface area contributed by atoms with E-state index in [0.717, 1.165) is 6.92 Å². The fourth-order valence-corrected chi connectivity index (χ4v) is 4.87. The number of nitrogens with zero attached hydrogens (tertiary/aromatic N) is 1. The summed E-state index contributed by atoms with van der Waals surface area (Å²) in [6.07, 6.45) is -12.5. The minimum Gasteiger partial charge on any atom is -0.369 e. The minimum atomic E-state index is -6.24. The number of halogens is 7. The van der Waals surface area contributed by atoms with Crippen molar-refractivity contribution >= 4 is 38.1 Å². The molecule has 0 radical (unpaired) electrons. The van der Waals surface area contributed by atoms with Crippen LogP contribution in [0.1, 0.15) is 18.2 Å². The molecular formula is C15H12F7N3O4S2. The smallest absolute Gasteiger partial charge is 0.369 e. The van der Waals surface area contributed by atoms with Gasteiger partial charge < -0.3 is 10.4 Å². The Balaban J connectivity index is 2.45. The van der Waals surface area contributed by atoms with Crippen molar-refractivity contribution in [1.82, 2.24) is 4.98 Å². The molecule has 31 heavy (non-hydrogen) atoms. The van der Waals surface area contributed by atoms with Crippen LogP contribution < -0.4 is 10.0 Å². The van der Waals surface area contributed by atoms with Gasteiger partial charge in [-0.15, -0.1) is 0 Å². The molecule has 2 rings (SSSR count). The Labute approximate surface area is 174 Å². The van der Waals surface area contributed by atoms with Gasteiger partial charge in [0.2, 0.25) is 5.91 Å². The van der Waals surface area contributed by atoms with Crippen LogP contribution in [0, 0.1) is 12.7 Å². The van der Waals surface area contributed by atoms with Gasteiger partial charge in [0.15, 0.2) is 9.34 Å². The summed E-state index contributed by atoms with van der Waals surface area (Å²) < 4.78 is 118. The number of rotatable bonds is 5. The van der Waals surface area contributed by atoms with Crippen molar-refractivity contribution in [1.29, 1.82) is 0 Å². The zero-order chi connectivity index (χ0) is 24.0. The van der Waals surface area contributed by atoms with Crippen molar-refractivity contribution < 1.29 is 49.1 Å². The standard InChI is InChI=1S/C15H12F7N3O4S2/c1-6-11(30-12(23-6)24-7(2)26)31(28,29)25-10-4-3-8(5-9(10)16)13(27,14(17,18)19)15(20,21)22/h3-5,25,27H,1-2H3,(H,23,24,26). The van der Waals surface area contributed by atoms with Crippen molar-refractivity contribution in [2.24, 2.45) is 0 Å². The number of nitrogens with one attached hydrogen (secondary N) is 2. The second kappa shape index (κ2) is 7.90. The van der Waals surface area contributed by atoms with Gasteiger partial charge in [-0.2, -0.15) is 26.3 Å². The molecule has 0 aliphatic heterocycles. The Bertz CT molecular complexity index is 1100. The second-order valence-corrected chi connectivity index (χ2v) is 8.96. The molecule has 3 N–H and O–H groups in total. The van der Waals surface area contributed by atoms with E-state index in [1.165, 1.54) is 6.92 Å². The maximum Gasteiger partial charge on any atom is 0.430 e. The molecule has 1 amide bonds. The molecule has 1 aromatic carbocycles. The van der Waals surface area contributed by atoms with E-state index < -0.39 is 55.2 Å². The number of hydrogen-bond acceptors (Lipinski definition) is 6. The molecule has 0 unspecified atom stereocenters. The third-order valence-electron chi connectivity index (χ3n) is 3.73. The second-order valence-electron chi connectivity index (χ2n) is 6.08. The van der Waals surface area contributed by atoms with Crippen molar-refractivity contribution in [3.8, 4) is 0 Å². The summed E-state index contributed by atoms with van der Waals surface area (Å²) in [4.78, 5) is 14.8. The summed E-state index contributed by atoms with van der Waals surface area (Å²) >= 11 is 0.481. The zero-order valence-corrected chi connectivity index (χ0v) is 16.9. The van der Waals surface area contributed by atoms with Gasteiger partial charge in [0.25, 0.3) is 15.6 Å². The van der Waals surface area contributed by atoms with Crippen LogP contribution in [-0.2, 0) is 20.4 Å². The van der Waals surface area contributed by atoms with Gasteiger partial charge in [-0.25, -0.2) is 17.8 Å². The van der Waals surface area contributed by atoms with Crippen molar-refractivity contribution in [2.45, 2.75) is 36.0 Å². The zero-order valence-electron chi connectivity index (χ0n) is 15.3. The average molecular weight is 495 g/mol. The van der Waals surface area contributed by atoms with Crippen LogP contribution >= 0.6 is 11.3 Å². The lowest BCUT2D eigenvalue weighted by Gasteiger charge is -2.32. The lowest BCUT2D eigenvalue weighted by atomic mass is 9.92. The van der Waals surface area contributed by atoms with Crippen LogP contribution in [0.15, 0.2) is 22.4 Å². The molecule has 0 atom stereocenters. The monoisotopic (exact) mass is 495 g/mol. The molecule has 0 spiro atoms. The number of thiazole rings is 1. The van der Waals surface area contributed by atoms with Crippen molar-refractivity contribution in [3.05, 3.63) is 35.3 Å². The van der Waals surface area contributed by atoms with E-state index in [2.05, 4.69) is 10.3 Å². The van der Waals surface area contributed by atoms with Gasteiger partial charge in [-0.05, 0) is 19.1 Å². The van der Waals surface area contributed by atoms with Crippen LogP contribution in [0.4, 0.5) is 41.6 Å². The van der Waals surface area contributed by atoms with Gasteiger partial charge in [-0.3, -0.25) is 9.52 Å². The summed E-state index contributed by atoms with van der Waals surface area (Å²) in [5.74, 6) is -2.37. The first kappa shape index (κ1) is 24.8. The van der Waals surface area contributed by atoms with Crippen molar-refractivity contribution in [3.63, 3.8) is 0 Å². The first-order chi connectivity index (χ1) is 13.9. The van der Waals surface area contributed by atoms with E-state index >= 15 is 0 Å². The molecule has 2 aromatic rings. The van der Waals surface area contributed by atoms with Gasteiger partial charge in [0.05, 0.1) is 11.4 Å². The number of carbonyl (C=O) groups excluding carboxylic acids is 1. The van der Waals surface area contributed by atoms with Crippen LogP contribution in [-0.4, -0.2) is 36.8 Å². The maximum absolute atomic E-state index is 14.2. The van der Waals surface area contributed by atoms with E-state index in [1.54, 1.807) is 4.72 Å². The molecule has 0 fully saturated rings. The molecule has 172 valence electrons. The average Bonchev–Trinajstić information content (AvgIpc) is 2.94. The highest BCUT2D eigenvalue weighted by Gasteiger charge is 2.71. The fraction of sp³-hybridized carbons (Fsp3) is 0.333. The lowest BCUT2D eigenvalue weighted by molar-refractivity contribution is -0.376. The molecular weight excluding hydrogens is 483 g/mol. The molecule has 0 bridgehead atoms. The van der Waals surface area contributed by atoms with E-state index in [9.17, 15) is 49.1 Å². The Hall–Kier alpha value is -2.46. The highest BCUT2D eigenvalue weighted by molar-refractivity contribution is 7.94. The number of aromatic nitrogens is 1. The highest BCUT2D eigenvalue weighted by atomic mass is 32.2. The number of aryl methyl sites for hydroxylation is 1. The Morgan fingerprint density at radius 2 is 1.68 bits per heavy atom. The number of alkyl halides is 6. The van der Waals surface area contributed by atoms with E-state index in [-0.39, 0.29) is 23.0 Å². The first-order valence-corrected chi connectivity index (χ1v) is 10.1.